The highest BCUT2D eigenvalue weighted by molar-refractivity contribution is 5.87. The van der Waals surface area contributed by atoms with E-state index in [1.54, 1.807) is 30.3 Å². The molecule has 0 heterocycles. The Balaban J connectivity index is 1.37. The average molecular weight is 529 g/mol. The lowest BCUT2D eigenvalue weighted by Gasteiger charge is -2.33. The van der Waals surface area contributed by atoms with Gasteiger partial charge >= 0.3 is 12.1 Å². The van der Waals surface area contributed by atoms with Gasteiger partial charge < -0.3 is 20.9 Å². The molecule has 0 radical (unpaired) electrons. The molecule has 5 nitrogen and oxygen atoms in total. The summed E-state index contributed by atoms with van der Waals surface area (Å²) >= 11 is 0. The van der Waals surface area contributed by atoms with Gasteiger partial charge in [0.05, 0.1) is 12.5 Å². The fraction of sp³-hybridized carbons (Fsp3) is 0.516. The van der Waals surface area contributed by atoms with Gasteiger partial charge in [0.1, 0.15) is 5.75 Å². The van der Waals surface area contributed by atoms with E-state index in [4.69, 9.17) is 20.9 Å². The predicted octanol–water partition coefficient (Wildman–Crippen LogP) is 7.79. The largest absolute Gasteiger partial charge is 0.463 e. The first-order valence-corrected chi connectivity index (χ1v) is 13.9. The van der Waals surface area contributed by atoms with Crippen LogP contribution in [-0.4, -0.2) is 18.7 Å². The predicted molar refractivity (Wildman–Crippen MR) is 150 cm³/mol. The molecule has 0 unspecified atom stereocenters. The molecule has 0 bridgehead atoms. The first-order chi connectivity index (χ1) is 18.3. The minimum atomic E-state index is -3.19. The van der Waals surface area contributed by atoms with Crippen molar-refractivity contribution >= 4 is 23.4 Å². The number of alkyl halides is 2. The number of ether oxygens (including phenoxy) is 2. The van der Waals surface area contributed by atoms with Crippen LogP contribution in [0.25, 0.3) is 6.08 Å². The van der Waals surface area contributed by atoms with E-state index < -0.39 is 18.0 Å². The fourth-order valence-corrected chi connectivity index (χ4v) is 5.02. The third-order valence-corrected chi connectivity index (χ3v) is 7.34. The number of carbonyl (C=O) groups excluding carboxylic acids is 1. The van der Waals surface area contributed by atoms with Crippen molar-refractivity contribution < 1.29 is 23.0 Å². The van der Waals surface area contributed by atoms with Crippen molar-refractivity contribution in [2.24, 2.45) is 11.8 Å². The first-order valence-electron chi connectivity index (χ1n) is 13.9. The summed E-state index contributed by atoms with van der Waals surface area (Å²) in [7, 11) is 0. The summed E-state index contributed by atoms with van der Waals surface area (Å²) in [5.41, 5.74) is 14.5. The number of nitrogen functional groups attached to an aromatic ring is 2. The molecular weight excluding hydrogens is 486 g/mol. The monoisotopic (exact) mass is 528 g/mol. The second-order valence-corrected chi connectivity index (χ2v) is 10.4. The zero-order chi connectivity index (χ0) is 27.4. The van der Waals surface area contributed by atoms with Crippen LogP contribution in [0.3, 0.4) is 0 Å². The molecule has 0 atom stereocenters. The zero-order valence-corrected chi connectivity index (χ0v) is 22.5. The molecule has 0 spiro atoms. The quantitative estimate of drug-likeness (QED) is 0.113. The van der Waals surface area contributed by atoms with Crippen molar-refractivity contribution in [1.29, 1.82) is 0 Å². The minimum Gasteiger partial charge on any atom is -0.463 e. The van der Waals surface area contributed by atoms with Crippen molar-refractivity contribution in [1.82, 2.24) is 0 Å². The number of halogens is 2. The summed E-state index contributed by atoms with van der Waals surface area (Å²) in [6.45, 7) is 2.45. The van der Waals surface area contributed by atoms with E-state index in [1.165, 1.54) is 43.9 Å². The second kappa shape index (κ2) is 14.7. The number of esters is 1. The molecule has 7 heteroatoms. The van der Waals surface area contributed by atoms with Gasteiger partial charge in [-0.2, -0.15) is 8.78 Å². The van der Waals surface area contributed by atoms with Gasteiger partial charge in [0.15, 0.2) is 0 Å². The maximum absolute atomic E-state index is 14.8. The Hall–Kier alpha value is -3.09. The van der Waals surface area contributed by atoms with Crippen molar-refractivity contribution in [3.05, 3.63) is 59.7 Å². The van der Waals surface area contributed by atoms with Gasteiger partial charge in [-0.1, -0.05) is 57.2 Å². The van der Waals surface area contributed by atoms with E-state index in [9.17, 15) is 13.6 Å². The van der Waals surface area contributed by atoms with Gasteiger partial charge in [0.25, 0.3) is 0 Å². The first kappa shape index (κ1) is 29.5. The van der Waals surface area contributed by atoms with Crippen molar-refractivity contribution in [2.45, 2.75) is 83.7 Å². The number of anilines is 2. The Labute approximate surface area is 225 Å². The van der Waals surface area contributed by atoms with Crippen molar-refractivity contribution in [3.8, 4) is 5.75 Å². The van der Waals surface area contributed by atoms with Gasteiger partial charge in [-0.15, -0.1) is 0 Å². The Bertz CT molecular complexity index is 1030. The van der Waals surface area contributed by atoms with E-state index in [0.29, 0.717) is 48.5 Å². The summed E-state index contributed by atoms with van der Waals surface area (Å²) in [5.74, 6) is -0.527. The molecule has 2 aromatic rings. The molecule has 0 aromatic heterocycles. The average Bonchev–Trinajstić information content (AvgIpc) is 2.90. The standard InChI is InChI=1S/C31H42F2N2O3/c1-2-3-4-5-7-23-9-15-26(16-10-23)31(32,33)38-28-18-11-24(12-19-28)13-20-30(36)37-21-6-8-25-14-17-27(34)22-29(25)35/h11-14,17-20,22-23,26H,2-10,15-16,21,34-35H2,1H3/b20-13+. The minimum absolute atomic E-state index is 0.123. The lowest BCUT2D eigenvalue weighted by atomic mass is 9.79. The van der Waals surface area contributed by atoms with Crippen LogP contribution in [0.1, 0.15) is 82.3 Å². The van der Waals surface area contributed by atoms with Crippen LogP contribution >= 0.6 is 0 Å². The fourth-order valence-electron chi connectivity index (χ4n) is 5.02. The lowest BCUT2D eigenvalue weighted by Crippen LogP contribution is -2.37. The van der Waals surface area contributed by atoms with Gasteiger partial charge in [0, 0.05) is 17.5 Å². The molecular formula is C31H42F2N2O3. The number of rotatable bonds is 14. The van der Waals surface area contributed by atoms with Crippen LogP contribution in [0.15, 0.2) is 48.5 Å². The maximum Gasteiger partial charge on any atom is 0.400 e. The smallest absolute Gasteiger partial charge is 0.400 e. The number of aryl methyl sites for hydroxylation is 1. The highest BCUT2D eigenvalue weighted by Gasteiger charge is 2.43. The van der Waals surface area contributed by atoms with Gasteiger partial charge in [0.2, 0.25) is 0 Å². The molecule has 1 aliphatic carbocycles. The third kappa shape index (κ3) is 9.66. The number of unbranched alkanes of at least 4 members (excludes halogenated alkanes) is 3. The molecule has 3 rings (SSSR count). The van der Waals surface area contributed by atoms with E-state index in [0.717, 1.165) is 24.8 Å². The Morgan fingerprint density at radius 3 is 2.42 bits per heavy atom. The Morgan fingerprint density at radius 2 is 1.74 bits per heavy atom. The molecule has 0 amide bonds. The number of benzene rings is 2. The summed E-state index contributed by atoms with van der Waals surface area (Å²) in [4.78, 5) is 12.0. The van der Waals surface area contributed by atoms with Crippen LogP contribution in [0.5, 0.6) is 5.75 Å². The molecule has 1 aliphatic rings. The summed E-state index contributed by atoms with van der Waals surface area (Å²) < 4.78 is 40.0. The van der Waals surface area contributed by atoms with Crippen LogP contribution < -0.4 is 16.2 Å². The van der Waals surface area contributed by atoms with Crippen LogP contribution in [0, 0.1) is 11.8 Å². The molecule has 208 valence electrons. The molecule has 1 saturated carbocycles. The van der Waals surface area contributed by atoms with E-state index in [-0.39, 0.29) is 12.4 Å². The number of carbonyl (C=O) groups is 1. The molecule has 0 aliphatic heterocycles. The van der Waals surface area contributed by atoms with E-state index >= 15 is 0 Å². The highest BCUT2D eigenvalue weighted by Crippen LogP contribution is 2.41. The molecule has 0 saturated heterocycles. The van der Waals surface area contributed by atoms with E-state index in [2.05, 4.69) is 6.92 Å². The van der Waals surface area contributed by atoms with Crippen LogP contribution in [0.4, 0.5) is 20.2 Å². The van der Waals surface area contributed by atoms with Crippen molar-refractivity contribution in [2.75, 3.05) is 18.1 Å². The number of hydrogen-bond donors (Lipinski definition) is 2. The Morgan fingerprint density at radius 1 is 1.00 bits per heavy atom. The van der Waals surface area contributed by atoms with Crippen LogP contribution in [-0.2, 0) is 16.0 Å². The third-order valence-electron chi connectivity index (χ3n) is 7.34. The maximum atomic E-state index is 14.8. The van der Waals surface area contributed by atoms with Gasteiger partial charge in [-0.25, -0.2) is 4.79 Å². The Kier molecular flexibility index (Phi) is 11.4. The number of nitrogens with two attached hydrogens (primary N) is 2. The molecule has 38 heavy (non-hydrogen) atoms. The number of hydrogen-bond acceptors (Lipinski definition) is 5. The molecule has 4 N–H and O–H groups in total. The highest BCUT2D eigenvalue weighted by atomic mass is 19.3. The van der Waals surface area contributed by atoms with Crippen LogP contribution in [0.2, 0.25) is 0 Å². The molecule has 2 aromatic carbocycles. The SMILES string of the molecule is CCCCCCC1CCC(C(F)(F)Oc2ccc(/C=C/C(=O)OCCCc3ccc(N)cc3N)cc2)CC1. The summed E-state index contributed by atoms with van der Waals surface area (Å²) in [6.07, 6.45) is 9.80. The van der Waals surface area contributed by atoms with E-state index in [1.807, 2.05) is 6.07 Å². The summed E-state index contributed by atoms with van der Waals surface area (Å²) in [6, 6.07) is 11.7. The topological polar surface area (TPSA) is 87.6 Å². The van der Waals surface area contributed by atoms with Gasteiger partial charge in [-0.3, -0.25) is 0 Å². The zero-order valence-electron chi connectivity index (χ0n) is 22.5. The second-order valence-electron chi connectivity index (χ2n) is 10.4. The molecule has 1 fully saturated rings. The van der Waals surface area contributed by atoms with Crippen molar-refractivity contribution in [3.63, 3.8) is 0 Å². The normalized spacial score (nSPS) is 18.0. The summed E-state index contributed by atoms with van der Waals surface area (Å²) in [5, 5.41) is 0. The lowest BCUT2D eigenvalue weighted by molar-refractivity contribution is -0.223. The van der Waals surface area contributed by atoms with Gasteiger partial charge in [-0.05, 0) is 85.9 Å².